The highest BCUT2D eigenvalue weighted by Crippen LogP contribution is 2.34. The fraction of sp³-hybridized carbons (Fsp3) is 0.710. The molecule has 11 nitrogen and oxygen atoms in total. The molecule has 43 heavy (non-hydrogen) atoms. The Morgan fingerprint density at radius 1 is 1.14 bits per heavy atom. The molecule has 3 aliphatic heterocycles. The summed E-state index contributed by atoms with van der Waals surface area (Å²) in [6.45, 7) is 3.92. The number of hydrogen-bond acceptors (Lipinski definition) is 8. The molecular formula is C31H46N6O5S. The third kappa shape index (κ3) is 9.07. The third-order valence-electron chi connectivity index (χ3n) is 8.88. The Hall–Kier alpha value is -2.86. The number of fused-ring (bicyclic) bond motifs is 2. The minimum atomic E-state index is -0.444. The number of phenolic OH excluding ortho intramolecular Hbond substituents is 1. The van der Waals surface area contributed by atoms with Crippen molar-refractivity contribution in [3.63, 3.8) is 0 Å². The molecule has 2 fully saturated rings. The third-order valence-corrected chi connectivity index (χ3v) is 10.4. The van der Waals surface area contributed by atoms with E-state index in [4.69, 9.17) is 4.74 Å². The molecule has 236 valence electrons. The van der Waals surface area contributed by atoms with Crippen molar-refractivity contribution in [3.05, 3.63) is 28.8 Å². The fourth-order valence-electron chi connectivity index (χ4n) is 6.18. The number of urea groups is 1. The van der Waals surface area contributed by atoms with E-state index in [9.17, 15) is 19.5 Å². The molecule has 0 radical (unpaired) electrons. The first-order valence-corrected chi connectivity index (χ1v) is 16.9. The molecule has 4 amide bonds. The van der Waals surface area contributed by atoms with E-state index in [1.54, 1.807) is 4.90 Å². The van der Waals surface area contributed by atoms with Crippen molar-refractivity contribution in [2.75, 3.05) is 32.0 Å². The van der Waals surface area contributed by atoms with Crippen LogP contribution in [-0.4, -0.2) is 82.8 Å². The van der Waals surface area contributed by atoms with Crippen LogP contribution in [0.25, 0.3) is 0 Å². The maximum absolute atomic E-state index is 13.0. The SMILES string of the molecule is CC1(CCC(=O)N(CCCCC2SCC3NC(=O)NC32)CC(=O)NCCCCOCc2cc3c(cc2O)CCCC3)N=N1. The molecule has 1 aliphatic carbocycles. The van der Waals surface area contributed by atoms with Crippen LogP contribution in [0.5, 0.6) is 5.75 Å². The van der Waals surface area contributed by atoms with E-state index in [-0.39, 0.29) is 36.5 Å². The lowest BCUT2D eigenvalue weighted by molar-refractivity contribution is -0.136. The highest BCUT2D eigenvalue weighted by Gasteiger charge is 2.42. The maximum atomic E-state index is 13.0. The number of thioether (sulfide) groups is 1. The van der Waals surface area contributed by atoms with E-state index in [0.29, 0.717) is 50.1 Å². The minimum absolute atomic E-state index is 0.0425. The summed E-state index contributed by atoms with van der Waals surface area (Å²) in [6.07, 6.45) is 9.60. The largest absolute Gasteiger partial charge is 0.508 e. The van der Waals surface area contributed by atoms with Gasteiger partial charge < -0.3 is 30.7 Å². The van der Waals surface area contributed by atoms with E-state index < -0.39 is 5.66 Å². The van der Waals surface area contributed by atoms with Crippen molar-refractivity contribution in [1.29, 1.82) is 0 Å². The Kier molecular flexibility index (Phi) is 10.8. The van der Waals surface area contributed by atoms with Crippen LogP contribution in [0, 0.1) is 0 Å². The van der Waals surface area contributed by atoms with Crippen molar-refractivity contribution in [3.8, 4) is 5.75 Å². The predicted octanol–water partition coefficient (Wildman–Crippen LogP) is 3.81. The number of nitrogens with one attached hydrogen (secondary N) is 3. The summed E-state index contributed by atoms with van der Waals surface area (Å²) in [6, 6.07) is 4.28. The zero-order valence-electron chi connectivity index (χ0n) is 25.2. The zero-order chi connectivity index (χ0) is 30.2. The number of hydrogen-bond donors (Lipinski definition) is 4. The van der Waals surface area contributed by atoms with E-state index in [0.717, 1.165) is 56.3 Å². The van der Waals surface area contributed by atoms with Gasteiger partial charge in [0, 0.05) is 49.1 Å². The van der Waals surface area contributed by atoms with Gasteiger partial charge in [-0.15, -0.1) is 0 Å². The summed E-state index contributed by atoms with van der Waals surface area (Å²) < 4.78 is 5.81. The first-order valence-electron chi connectivity index (χ1n) is 15.9. The molecule has 1 aromatic carbocycles. The van der Waals surface area contributed by atoms with Gasteiger partial charge >= 0.3 is 6.03 Å². The number of rotatable bonds is 17. The molecule has 0 spiro atoms. The first kappa shape index (κ1) is 31.6. The topological polar surface area (TPSA) is 145 Å². The van der Waals surface area contributed by atoms with Crippen molar-refractivity contribution < 1.29 is 24.2 Å². The number of aromatic hydroxyl groups is 1. The molecule has 0 aromatic heterocycles. The standard InChI is InChI=1S/C31H46N6O5S/c1-31(35-36-31)12-11-28(40)37(14-6-4-10-26-29-24(20-43-26)33-30(41)34-29)18-27(39)32-13-5-7-15-42-19-23-16-21-8-2-3-9-22(21)17-25(23)38/h16-17,24,26,29,38H,2-15,18-20H2,1H3,(H,32,39)(H2,33,34,41). The van der Waals surface area contributed by atoms with Gasteiger partial charge in [0.1, 0.15) is 5.75 Å². The van der Waals surface area contributed by atoms with Gasteiger partial charge in [-0.25, -0.2) is 4.79 Å². The van der Waals surface area contributed by atoms with Crippen LogP contribution in [0.15, 0.2) is 22.4 Å². The van der Waals surface area contributed by atoms with Gasteiger partial charge in [0.2, 0.25) is 11.8 Å². The first-order chi connectivity index (χ1) is 20.8. The Bertz CT molecular complexity index is 1190. The summed E-state index contributed by atoms with van der Waals surface area (Å²) in [5.41, 5.74) is 2.98. The number of phenols is 1. The van der Waals surface area contributed by atoms with Gasteiger partial charge in [0.25, 0.3) is 0 Å². The molecule has 4 aliphatic rings. The second-order valence-electron chi connectivity index (χ2n) is 12.4. The van der Waals surface area contributed by atoms with Crippen LogP contribution in [0.2, 0.25) is 0 Å². The smallest absolute Gasteiger partial charge is 0.315 e. The number of nitrogens with zero attached hydrogens (tertiary/aromatic N) is 3. The normalized spacial score (nSPS) is 22.8. The van der Waals surface area contributed by atoms with Crippen LogP contribution in [0.4, 0.5) is 4.79 Å². The Morgan fingerprint density at radius 2 is 1.93 bits per heavy atom. The number of unbranched alkanes of at least 4 members (excludes halogenated alkanes) is 2. The van der Waals surface area contributed by atoms with Crippen LogP contribution in [-0.2, 0) is 33.8 Å². The molecule has 5 rings (SSSR count). The predicted molar refractivity (Wildman–Crippen MR) is 165 cm³/mol. The summed E-state index contributed by atoms with van der Waals surface area (Å²) in [5, 5.41) is 27.7. The number of benzene rings is 1. The quantitative estimate of drug-likeness (QED) is 0.155. The second kappa shape index (κ2) is 14.7. The van der Waals surface area contributed by atoms with Crippen molar-refractivity contribution in [2.45, 2.75) is 107 Å². The van der Waals surface area contributed by atoms with Gasteiger partial charge in [-0.2, -0.15) is 22.0 Å². The number of carbonyl (C=O) groups is 3. The molecule has 4 N–H and O–H groups in total. The lowest BCUT2D eigenvalue weighted by Crippen LogP contribution is -2.42. The summed E-state index contributed by atoms with van der Waals surface area (Å²) in [5.74, 6) is 1.04. The highest BCUT2D eigenvalue weighted by atomic mass is 32.2. The molecule has 3 atom stereocenters. The average Bonchev–Trinajstić information content (AvgIpc) is 3.44. The number of carbonyl (C=O) groups excluding carboxylic acids is 3. The maximum Gasteiger partial charge on any atom is 0.315 e. The molecule has 0 bridgehead atoms. The highest BCUT2D eigenvalue weighted by molar-refractivity contribution is 8.00. The van der Waals surface area contributed by atoms with E-state index in [1.807, 2.05) is 24.8 Å². The van der Waals surface area contributed by atoms with Gasteiger partial charge in [-0.1, -0.05) is 6.42 Å². The van der Waals surface area contributed by atoms with Crippen LogP contribution in [0.1, 0.15) is 81.4 Å². The van der Waals surface area contributed by atoms with Crippen molar-refractivity contribution >= 4 is 29.6 Å². The molecule has 2 saturated heterocycles. The summed E-state index contributed by atoms with van der Waals surface area (Å²) in [4.78, 5) is 39.1. The van der Waals surface area contributed by atoms with Crippen LogP contribution < -0.4 is 16.0 Å². The molecule has 1 aromatic rings. The second-order valence-corrected chi connectivity index (χ2v) is 13.7. The average molecular weight is 615 g/mol. The van der Waals surface area contributed by atoms with Gasteiger partial charge in [-0.3, -0.25) is 9.59 Å². The lowest BCUT2D eigenvalue weighted by Gasteiger charge is -2.23. The number of ether oxygens (including phenoxy) is 1. The van der Waals surface area contributed by atoms with E-state index in [1.165, 1.54) is 24.0 Å². The lowest BCUT2D eigenvalue weighted by atomic mass is 9.90. The monoisotopic (exact) mass is 614 g/mol. The molecule has 3 unspecified atom stereocenters. The number of amides is 4. The van der Waals surface area contributed by atoms with Crippen molar-refractivity contribution in [1.82, 2.24) is 20.9 Å². The zero-order valence-corrected chi connectivity index (χ0v) is 26.1. The minimum Gasteiger partial charge on any atom is -0.508 e. The molecule has 3 heterocycles. The Labute approximate surface area is 258 Å². The molecular weight excluding hydrogens is 568 g/mol. The Balaban J connectivity index is 0.979. The molecule has 12 heteroatoms. The van der Waals surface area contributed by atoms with E-state index in [2.05, 4.69) is 32.2 Å². The molecule has 0 saturated carbocycles. The van der Waals surface area contributed by atoms with Gasteiger partial charge in [-0.05, 0) is 81.5 Å². The summed E-state index contributed by atoms with van der Waals surface area (Å²) >= 11 is 1.89. The van der Waals surface area contributed by atoms with Crippen molar-refractivity contribution in [2.24, 2.45) is 10.2 Å². The summed E-state index contributed by atoms with van der Waals surface area (Å²) in [7, 11) is 0. The van der Waals surface area contributed by atoms with Gasteiger partial charge in [0.05, 0.1) is 25.2 Å². The van der Waals surface area contributed by atoms with Crippen LogP contribution >= 0.6 is 11.8 Å². The fourth-order valence-corrected chi connectivity index (χ4v) is 7.72. The number of aryl methyl sites for hydroxylation is 2. The van der Waals surface area contributed by atoms with Gasteiger partial charge in [0.15, 0.2) is 5.66 Å². The van der Waals surface area contributed by atoms with Crippen LogP contribution in [0.3, 0.4) is 0 Å². The Morgan fingerprint density at radius 3 is 2.72 bits per heavy atom. The van der Waals surface area contributed by atoms with E-state index >= 15 is 0 Å².